The van der Waals surface area contributed by atoms with E-state index in [4.69, 9.17) is 9.57 Å². The molecule has 3 aliphatic rings. The maximum atomic E-state index is 13.1. The molecule has 0 radical (unpaired) electrons. The van der Waals surface area contributed by atoms with Crippen molar-refractivity contribution >= 4 is 11.6 Å². The van der Waals surface area contributed by atoms with Crippen molar-refractivity contribution in [1.29, 1.82) is 0 Å². The van der Waals surface area contributed by atoms with E-state index in [1.54, 1.807) is 30.1 Å². The van der Waals surface area contributed by atoms with Gasteiger partial charge in [-0.15, -0.1) is 0 Å². The molecule has 4 rings (SSSR count). The Balaban J connectivity index is 1.55. The zero-order valence-electron chi connectivity index (χ0n) is 16.0. The summed E-state index contributed by atoms with van der Waals surface area (Å²) in [5.41, 5.74) is 4.35. The van der Waals surface area contributed by atoms with Crippen molar-refractivity contribution < 1.29 is 27.5 Å². The predicted molar refractivity (Wildman–Crippen MR) is 96.9 cm³/mol. The summed E-state index contributed by atoms with van der Waals surface area (Å²) in [6.07, 6.45) is -3.89. The van der Waals surface area contributed by atoms with Crippen LogP contribution < -0.4 is 21.1 Å². The molecule has 2 fully saturated rings. The van der Waals surface area contributed by atoms with E-state index in [0.717, 1.165) is 12.1 Å². The van der Waals surface area contributed by atoms with Gasteiger partial charge in [0.1, 0.15) is 6.17 Å². The Morgan fingerprint density at radius 3 is 2.55 bits per heavy atom. The molecule has 2 saturated heterocycles. The minimum Gasteiger partial charge on any atom is -0.378 e. The van der Waals surface area contributed by atoms with E-state index < -0.39 is 24.2 Å². The molecule has 0 aliphatic carbocycles. The number of anilines is 1. The molecule has 1 amide bonds. The smallest absolute Gasteiger partial charge is 0.378 e. The highest BCUT2D eigenvalue weighted by atomic mass is 19.4. The molecular weight excluding hydrogens is 391 g/mol. The molecule has 29 heavy (non-hydrogen) atoms. The number of rotatable bonds is 2. The number of halogens is 3. The molecule has 0 saturated carbocycles. The predicted octanol–water partition coefficient (Wildman–Crippen LogP) is 1.12. The third-order valence-corrected chi connectivity index (χ3v) is 4.99. The first-order chi connectivity index (χ1) is 13.7. The van der Waals surface area contributed by atoms with Crippen molar-refractivity contribution in [1.82, 2.24) is 21.1 Å². The van der Waals surface area contributed by atoms with Crippen LogP contribution in [0.1, 0.15) is 16.7 Å². The summed E-state index contributed by atoms with van der Waals surface area (Å²) >= 11 is 0. The summed E-state index contributed by atoms with van der Waals surface area (Å²) in [6.45, 7) is 5.03. The Bertz CT molecular complexity index is 814. The second-order valence-corrected chi connectivity index (χ2v) is 7.10. The van der Waals surface area contributed by atoms with Gasteiger partial charge in [0.15, 0.2) is 6.29 Å². The number of carbonyl (C=O) groups excluding carboxylic acids is 1. The van der Waals surface area contributed by atoms with Gasteiger partial charge in [0.25, 0.3) is 5.91 Å². The Morgan fingerprint density at radius 2 is 1.86 bits per heavy atom. The molecule has 11 heteroatoms. The number of alkyl halides is 3. The second-order valence-electron chi connectivity index (χ2n) is 7.10. The number of benzene rings is 1. The van der Waals surface area contributed by atoms with E-state index in [0.29, 0.717) is 48.8 Å². The number of carbonyl (C=O) groups is 1. The number of aryl methyl sites for hydroxylation is 2. The third-order valence-electron chi connectivity index (χ3n) is 4.99. The van der Waals surface area contributed by atoms with E-state index in [9.17, 15) is 18.0 Å². The van der Waals surface area contributed by atoms with E-state index in [1.165, 1.54) is 0 Å². The SMILES string of the molecule is Cc1cc(C(F)(F)F)cc(C)c1N1C=C2C(=O)NC(N3CCOCCO3)NC2N1. The molecule has 2 atom stereocenters. The maximum absolute atomic E-state index is 13.1. The maximum Gasteiger partial charge on any atom is 0.416 e. The van der Waals surface area contributed by atoms with Gasteiger partial charge < -0.3 is 10.1 Å². The van der Waals surface area contributed by atoms with Crippen molar-refractivity contribution in [3.63, 3.8) is 0 Å². The number of amides is 1. The zero-order valence-corrected chi connectivity index (χ0v) is 16.0. The first kappa shape index (κ1) is 20.1. The first-order valence-corrected chi connectivity index (χ1v) is 9.24. The van der Waals surface area contributed by atoms with Gasteiger partial charge in [-0.3, -0.25) is 20.0 Å². The number of hydrogen-bond acceptors (Lipinski definition) is 7. The number of nitrogens with zero attached hydrogens (tertiary/aromatic N) is 2. The molecule has 158 valence electrons. The van der Waals surface area contributed by atoms with Gasteiger partial charge in [-0.1, -0.05) is 0 Å². The summed E-state index contributed by atoms with van der Waals surface area (Å²) in [6, 6.07) is 2.21. The van der Waals surface area contributed by atoms with E-state index in [1.807, 2.05) is 0 Å². The fraction of sp³-hybridized carbons (Fsp3) is 0.500. The minimum absolute atomic E-state index is 0.287. The van der Waals surface area contributed by atoms with E-state index >= 15 is 0 Å². The lowest BCUT2D eigenvalue weighted by Crippen LogP contribution is -2.67. The summed E-state index contributed by atoms with van der Waals surface area (Å²) in [7, 11) is 0. The van der Waals surface area contributed by atoms with E-state index in [2.05, 4.69) is 16.1 Å². The minimum atomic E-state index is -4.41. The van der Waals surface area contributed by atoms with Gasteiger partial charge in [0.2, 0.25) is 0 Å². The third kappa shape index (κ3) is 3.96. The fourth-order valence-electron chi connectivity index (χ4n) is 3.71. The monoisotopic (exact) mass is 413 g/mol. The van der Waals surface area contributed by atoms with Crippen LogP contribution in [-0.2, 0) is 20.5 Å². The molecule has 0 spiro atoms. The van der Waals surface area contributed by atoms with Crippen LogP contribution in [-0.4, -0.2) is 49.8 Å². The quantitative estimate of drug-likeness (QED) is 0.671. The topological polar surface area (TPSA) is 78.1 Å². The van der Waals surface area contributed by atoms with Gasteiger partial charge in [0, 0.05) is 6.20 Å². The standard InChI is InChI=1S/C18H22F3N5O3/c1-10-7-12(18(19,20)21)8-11(2)14(10)25-9-13-15(24-25)22-17(23-16(13)27)26-3-4-28-5-6-29-26/h7-9,15,17,22,24H,3-6H2,1-2H3,(H,23,27). The summed E-state index contributed by atoms with van der Waals surface area (Å²) in [5, 5.41) is 9.26. The first-order valence-electron chi connectivity index (χ1n) is 9.24. The number of ether oxygens (including phenoxy) is 1. The Hall–Kier alpha value is -2.18. The largest absolute Gasteiger partial charge is 0.416 e. The van der Waals surface area contributed by atoms with Gasteiger partial charge in [-0.05, 0) is 37.1 Å². The molecule has 3 aliphatic heterocycles. The molecule has 1 aromatic rings. The molecule has 0 bridgehead atoms. The molecule has 2 unspecified atom stereocenters. The average molecular weight is 413 g/mol. The lowest BCUT2D eigenvalue weighted by atomic mass is 10.0. The lowest BCUT2D eigenvalue weighted by molar-refractivity contribution is -0.196. The van der Waals surface area contributed by atoms with Crippen LogP contribution in [0, 0.1) is 13.8 Å². The van der Waals surface area contributed by atoms with Gasteiger partial charge >= 0.3 is 6.18 Å². The van der Waals surface area contributed by atoms with Crippen molar-refractivity contribution in [2.75, 3.05) is 31.4 Å². The fourth-order valence-corrected chi connectivity index (χ4v) is 3.71. The molecular formula is C18H22F3N5O3. The van der Waals surface area contributed by atoms with Crippen molar-refractivity contribution in [2.24, 2.45) is 0 Å². The Morgan fingerprint density at radius 1 is 1.14 bits per heavy atom. The Kier molecular flexibility index (Phi) is 5.25. The second kappa shape index (κ2) is 7.58. The highest BCUT2D eigenvalue weighted by molar-refractivity contribution is 5.96. The molecule has 1 aromatic carbocycles. The average Bonchev–Trinajstić information content (AvgIpc) is 2.87. The normalized spacial score (nSPS) is 26.0. The number of nitrogens with one attached hydrogen (secondary N) is 3. The number of hydrazine groups is 1. The molecule has 8 nitrogen and oxygen atoms in total. The van der Waals surface area contributed by atoms with Crippen molar-refractivity contribution in [3.8, 4) is 0 Å². The van der Waals surface area contributed by atoms with Gasteiger partial charge in [-0.2, -0.15) is 18.2 Å². The summed E-state index contributed by atoms with van der Waals surface area (Å²) in [4.78, 5) is 18.2. The van der Waals surface area contributed by atoms with Crippen LogP contribution >= 0.6 is 0 Å². The highest BCUT2D eigenvalue weighted by Gasteiger charge is 2.40. The van der Waals surface area contributed by atoms with Crippen LogP contribution in [0.5, 0.6) is 0 Å². The highest BCUT2D eigenvalue weighted by Crippen LogP contribution is 2.36. The lowest BCUT2D eigenvalue weighted by Gasteiger charge is -2.36. The van der Waals surface area contributed by atoms with Gasteiger partial charge in [0.05, 0.1) is 43.2 Å². The number of hydrogen-bond donors (Lipinski definition) is 3. The van der Waals surface area contributed by atoms with Crippen LogP contribution in [0.3, 0.4) is 0 Å². The van der Waals surface area contributed by atoms with E-state index in [-0.39, 0.29) is 5.91 Å². The van der Waals surface area contributed by atoms with Crippen LogP contribution in [0.15, 0.2) is 23.9 Å². The summed E-state index contributed by atoms with van der Waals surface area (Å²) in [5.74, 6) is -0.287. The Labute approximate surface area is 165 Å². The van der Waals surface area contributed by atoms with Crippen LogP contribution in [0.4, 0.5) is 18.9 Å². The van der Waals surface area contributed by atoms with Gasteiger partial charge in [-0.25, -0.2) is 5.43 Å². The molecule has 3 N–H and O–H groups in total. The van der Waals surface area contributed by atoms with Crippen molar-refractivity contribution in [3.05, 3.63) is 40.6 Å². The summed E-state index contributed by atoms with van der Waals surface area (Å²) < 4.78 is 44.5. The number of hydroxylamine groups is 2. The molecule has 3 heterocycles. The van der Waals surface area contributed by atoms with Crippen LogP contribution in [0.2, 0.25) is 0 Å². The zero-order chi connectivity index (χ0) is 20.8. The van der Waals surface area contributed by atoms with Crippen molar-refractivity contribution in [2.45, 2.75) is 32.5 Å². The number of fused-ring (bicyclic) bond motifs is 1. The van der Waals surface area contributed by atoms with Crippen LogP contribution in [0.25, 0.3) is 0 Å². The molecule has 0 aromatic heterocycles.